The maximum atomic E-state index is 13.9. The molecule has 6 heteroatoms. The molecule has 1 heterocycles. The number of benzene rings is 1. The van der Waals surface area contributed by atoms with Gasteiger partial charge in [-0.15, -0.1) is 0 Å². The highest BCUT2D eigenvalue weighted by molar-refractivity contribution is 6.03. The third kappa shape index (κ3) is 3.68. The van der Waals surface area contributed by atoms with E-state index in [4.69, 9.17) is 9.63 Å². The van der Waals surface area contributed by atoms with Crippen LogP contribution in [0.1, 0.15) is 28.1 Å². The average molecular weight is 288 g/mol. The third-order valence-electron chi connectivity index (χ3n) is 2.64. The molecule has 0 unspecified atom stereocenters. The zero-order valence-corrected chi connectivity index (χ0v) is 11.3. The summed E-state index contributed by atoms with van der Waals surface area (Å²) in [6, 6.07) is 4.21. The zero-order valence-electron chi connectivity index (χ0n) is 11.3. The van der Waals surface area contributed by atoms with Gasteiger partial charge >= 0.3 is 0 Å². The van der Waals surface area contributed by atoms with Crippen molar-refractivity contribution in [2.24, 2.45) is 0 Å². The van der Waals surface area contributed by atoms with Crippen molar-refractivity contribution >= 4 is 11.6 Å². The summed E-state index contributed by atoms with van der Waals surface area (Å²) in [6.07, 6.45) is 1.73. The first-order valence-electron chi connectivity index (χ1n) is 6.23. The molecule has 0 aliphatic carbocycles. The van der Waals surface area contributed by atoms with E-state index in [9.17, 15) is 9.18 Å². The van der Waals surface area contributed by atoms with E-state index < -0.39 is 11.7 Å². The molecule has 1 aromatic carbocycles. The number of hydrogen-bond acceptors (Lipinski definition) is 4. The van der Waals surface area contributed by atoms with Gasteiger partial charge in [-0.1, -0.05) is 17.0 Å². The number of aliphatic hydroxyl groups excluding tert-OH is 1. The van der Waals surface area contributed by atoms with Gasteiger partial charge in [0.15, 0.2) is 0 Å². The van der Waals surface area contributed by atoms with E-state index in [1.165, 1.54) is 18.3 Å². The molecule has 0 saturated carbocycles. The fraction of sp³-hybridized carbons (Fsp3) is 0.200. The third-order valence-corrected chi connectivity index (χ3v) is 2.64. The van der Waals surface area contributed by atoms with Crippen LogP contribution in [-0.4, -0.2) is 22.8 Å². The van der Waals surface area contributed by atoms with Gasteiger partial charge in [0.05, 0.1) is 18.5 Å². The predicted octanol–water partition coefficient (Wildman–Crippen LogP) is 2.11. The molecule has 0 aliphatic heterocycles. The molecule has 1 amide bonds. The second-order valence-electron chi connectivity index (χ2n) is 4.26. The Labute approximate surface area is 120 Å². The quantitative estimate of drug-likeness (QED) is 0.848. The molecule has 0 atom stereocenters. The largest absolute Gasteiger partial charge is 0.395 e. The van der Waals surface area contributed by atoms with Gasteiger partial charge in [-0.2, -0.15) is 0 Å². The van der Waals surface area contributed by atoms with Crippen LogP contribution in [-0.2, 0) is 0 Å². The summed E-state index contributed by atoms with van der Waals surface area (Å²) < 4.78 is 18.7. The molecule has 0 bridgehead atoms. The fourth-order valence-electron chi connectivity index (χ4n) is 1.60. The Hall–Kier alpha value is -2.65. The van der Waals surface area contributed by atoms with E-state index in [0.717, 1.165) is 0 Å². The average Bonchev–Trinajstić information content (AvgIpc) is 2.88. The molecule has 0 aliphatic rings. The molecule has 0 fully saturated rings. The minimum absolute atomic E-state index is 0.0310. The highest BCUT2D eigenvalue weighted by Crippen LogP contribution is 2.17. The summed E-state index contributed by atoms with van der Waals surface area (Å²) >= 11 is 0. The number of nitrogens with one attached hydrogen (secondary N) is 1. The van der Waals surface area contributed by atoms with Gasteiger partial charge in [-0.25, -0.2) is 4.39 Å². The van der Waals surface area contributed by atoms with E-state index in [-0.39, 0.29) is 18.1 Å². The highest BCUT2D eigenvalue weighted by Gasteiger charge is 2.15. The van der Waals surface area contributed by atoms with Gasteiger partial charge in [0, 0.05) is 17.5 Å². The molecule has 1 aromatic heterocycles. The van der Waals surface area contributed by atoms with Crippen molar-refractivity contribution in [3.63, 3.8) is 0 Å². The van der Waals surface area contributed by atoms with Crippen molar-refractivity contribution in [1.29, 1.82) is 0 Å². The summed E-state index contributed by atoms with van der Waals surface area (Å²) in [6.45, 7) is 1.63. The Balaban J connectivity index is 2.13. The lowest BCUT2D eigenvalue weighted by Gasteiger charge is -2.05. The standard InChI is InChI=1S/C15H13FN2O3/c1-10-9-17-21-14(10)15(20)18-13-6-5-11(8-12(13)16)4-2-3-7-19/h5-6,8-9,19H,3,7H2,1H3,(H,18,20). The minimum Gasteiger partial charge on any atom is -0.395 e. The topological polar surface area (TPSA) is 75.4 Å². The first-order chi connectivity index (χ1) is 10.1. The normalized spacial score (nSPS) is 9.86. The van der Waals surface area contributed by atoms with Crippen LogP contribution in [0.25, 0.3) is 0 Å². The van der Waals surface area contributed by atoms with Crippen LogP contribution in [0.2, 0.25) is 0 Å². The molecule has 2 rings (SSSR count). The molecule has 21 heavy (non-hydrogen) atoms. The number of halogens is 1. The highest BCUT2D eigenvalue weighted by atomic mass is 19.1. The van der Waals surface area contributed by atoms with Crippen LogP contribution in [0.5, 0.6) is 0 Å². The molecule has 108 valence electrons. The SMILES string of the molecule is Cc1cnoc1C(=O)Nc1ccc(C#CCCO)cc1F. The maximum Gasteiger partial charge on any atom is 0.294 e. The first kappa shape index (κ1) is 14.8. The number of carbonyl (C=O) groups excluding carboxylic acids is 1. The summed E-state index contributed by atoms with van der Waals surface area (Å²) in [7, 11) is 0. The number of aromatic nitrogens is 1. The van der Waals surface area contributed by atoms with E-state index in [2.05, 4.69) is 22.3 Å². The number of nitrogens with zero attached hydrogens (tertiary/aromatic N) is 1. The number of carbonyl (C=O) groups is 1. The molecular formula is C15H13FN2O3. The van der Waals surface area contributed by atoms with Crippen LogP contribution in [0.15, 0.2) is 28.9 Å². The zero-order chi connectivity index (χ0) is 15.2. The molecular weight excluding hydrogens is 275 g/mol. The Morgan fingerprint density at radius 1 is 1.52 bits per heavy atom. The van der Waals surface area contributed by atoms with E-state index >= 15 is 0 Å². The van der Waals surface area contributed by atoms with Crippen LogP contribution in [0.4, 0.5) is 10.1 Å². The van der Waals surface area contributed by atoms with Gasteiger partial charge in [0.2, 0.25) is 5.76 Å². The molecule has 5 nitrogen and oxygen atoms in total. The first-order valence-corrected chi connectivity index (χ1v) is 6.23. The predicted molar refractivity (Wildman–Crippen MR) is 74.2 cm³/mol. The van der Waals surface area contributed by atoms with Gasteiger partial charge in [0.1, 0.15) is 5.82 Å². The summed E-state index contributed by atoms with van der Waals surface area (Å²) in [5.41, 5.74) is 1.07. The summed E-state index contributed by atoms with van der Waals surface area (Å²) in [5.74, 6) is 4.28. The molecule has 0 saturated heterocycles. The van der Waals surface area contributed by atoms with Gasteiger partial charge in [-0.3, -0.25) is 4.79 Å². The van der Waals surface area contributed by atoms with Crippen molar-refractivity contribution in [3.8, 4) is 11.8 Å². The summed E-state index contributed by atoms with van der Waals surface area (Å²) in [5, 5.41) is 14.5. The number of amides is 1. The second-order valence-corrected chi connectivity index (χ2v) is 4.26. The van der Waals surface area contributed by atoms with Gasteiger partial charge < -0.3 is 14.9 Å². The van der Waals surface area contributed by atoms with Crippen molar-refractivity contribution in [2.45, 2.75) is 13.3 Å². The molecule has 0 spiro atoms. The monoisotopic (exact) mass is 288 g/mol. The van der Waals surface area contributed by atoms with Gasteiger partial charge in [-0.05, 0) is 25.1 Å². The Kier molecular flexibility index (Phi) is 4.69. The lowest BCUT2D eigenvalue weighted by molar-refractivity contribution is 0.0986. The van der Waals surface area contributed by atoms with E-state index in [0.29, 0.717) is 17.5 Å². The number of hydrogen-bond donors (Lipinski definition) is 2. The number of rotatable bonds is 3. The van der Waals surface area contributed by atoms with Crippen molar-refractivity contribution in [2.75, 3.05) is 11.9 Å². The van der Waals surface area contributed by atoms with Crippen molar-refractivity contribution in [1.82, 2.24) is 5.16 Å². The van der Waals surface area contributed by atoms with Gasteiger partial charge in [0.25, 0.3) is 5.91 Å². The molecule has 2 N–H and O–H groups in total. The molecule has 0 radical (unpaired) electrons. The number of anilines is 1. The lowest BCUT2D eigenvalue weighted by Crippen LogP contribution is -2.13. The second kappa shape index (κ2) is 6.68. The minimum atomic E-state index is -0.601. The maximum absolute atomic E-state index is 13.9. The molecule has 2 aromatic rings. The Morgan fingerprint density at radius 3 is 2.95 bits per heavy atom. The summed E-state index contributed by atoms with van der Waals surface area (Å²) in [4.78, 5) is 11.9. The lowest BCUT2D eigenvalue weighted by atomic mass is 10.2. The van der Waals surface area contributed by atoms with E-state index in [1.807, 2.05) is 0 Å². The Bertz CT molecular complexity index is 713. The van der Waals surface area contributed by atoms with Crippen LogP contribution < -0.4 is 5.32 Å². The van der Waals surface area contributed by atoms with Crippen LogP contribution >= 0.6 is 0 Å². The van der Waals surface area contributed by atoms with Crippen LogP contribution in [0.3, 0.4) is 0 Å². The van der Waals surface area contributed by atoms with Crippen molar-refractivity contribution < 1.29 is 18.8 Å². The Morgan fingerprint density at radius 2 is 2.33 bits per heavy atom. The van der Waals surface area contributed by atoms with E-state index in [1.54, 1.807) is 13.0 Å². The number of aliphatic hydroxyl groups is 1. The van der Waals surface area contributed by atoms with Crippen molar-refractivity contribution in [3.05, 3.63) is 47.1 Å². The smallest absolute Gasteiger partial charge is 0.294 e. The van der Waals surface area contributed by atoms with Crippen LogP contribution in [0, 0.1) is 24.6 Å². The fourth-order valence-corrected chi connectivity index (χ4v) is 1.60. The number of aryl methyl sites for hydroxylation is 1.